The summed E-state index contributed by atoms with van der Waals surface area (Å²) in [4.78, 5) is 0. The average molecular weight is 281 g/mol. The third-order valence-corrected chi connectivity index (χ3v) is 2.96. The van der Waals surface area contributed by atoms with Crippen LogP contribution in [0.4, 0.5) is 11.7 Å². The first-order valence-electron chi connectivity index (χ1n) is 6.29. The predicted molar refractivity (Wildman–Crippen MR) is 75.7 cm³/mol. The largest absolute Gasteiger partial charge is 0.406 e. The topological polar surface area (TPSA) is 63.0 Å². The minimum atomic E-state index is 0.0363. The van der Waals surface area contributed by atoms with Gasteiger partial charge in [-0.05, 0) is 32.0 Å². The van der Waals surface area contributed by atoms with Gasteiger partial charge < -0.3 is 15.1 Å². The molecule has 0 aliphatic rings. The minimum absolute atomic E-state index is 0.0363. The maximum absolute atomic E-state index is 6.05. The van der Waals surface area contributed by atoms with E-state index in [9.17, 15) is 0 Å². The van der Waals surface area contributed by atoms with E-state index in [2.05, 4.69) is 27.8 Å². The molecule has 2 rings (SSSR count). The van der Waals surface area contributed by atoms with Gasteiger partial charge in [0.2, 0.25) is 5.89 Å². The van der Waals surface area contributed by atoms with Crippen molar-refractivity contribution < 1.29 is 4.42 Å². The Kier molecular flexibility index (Phi) is 4.76. The van der Waals surface area contributed by atoms with Gasteiger partial charge in [0.1, 0.15) is 0 Å². The molecule has 19 heavy (non-hydrogen) atoms. The lowest BCUT2D eigenvalue weighted by Crippen LogP contribution is -2.19. The highest BCUT2D eigenvalue weighted by atomic mass is 35.5. The number of hydrogen-bond donors (Lipinski definition) is 2. The van der Waals surface area contributed by atoms with Crippen molar-refractivity contribution in [1.29, 1.82) is 0 Å². The Hall–Kier alpha value is -1.59. The summed E-state index contributed by atoms with van der Waals surface area (Å²) in [5.74, 6) is 0.558. The van der Waals surface area contributed by atoms with Crippen molar-refractivity contribution in [2.45, 2.75) is 26.3 Å². The van der Waals surface area contributed by atoms with Crippen LogP contribution >= 0.6 is 11.6 Å². The number of nitrogens with zero attached hydrogens (tertiary/aromatic N) is 2. The fourth-order valence-corrected chi connectivity index (χ4v) is 1.77. The Bertz CT molecular complexity index is 529. The fraction of sp³-hybridized carbons (Fsp3) is 0.385. The van der Waals surface area contributed by atoms with Gasteiger partial charge in [-0.3, -0.25) is 0 Å². The van der Waals surface area contributed by atoms with Crippen LogP contribution in [0.15, 0.2) is 28.7 Å². The smallest absolute Gasteiger partial charge is 0.320 e. The Labute approximate surface area is 117 Å². The summed E-state index contributed by atoms with van der Waals surface area (Å²) in [6.45, 7) is 5.01. The van der Waals surface area contributed by atoms with E-state index in [1.165, 1.54) is 0 Å². The molecule has 0 aliphatic heterocycles. The first-order chi connectivity index (χ1) is 9.20. The lowest BCUT2D eigenvalue weighted by molar-refractivity contribution is 0.424. The van der Waals surface area contributed by atoms with Crippen LogP contribution in [0, 0.1) is 0 Å². The highest BCUT2D eigenvalue weighted by Gasteiger charge is 2.13. The standard InChI is InChI=1S/C13H17ClN4O/c1-3-8-15-9(2)12-17-18-13(19-12)16-11-7-5-4-6-10(11)14/h4-7,9,15H,3,8H2,1-2H3,(H,16,18). The fourth-order valence-electron chi connectivity index (χ4n) is 1.59. The molecule has 1 aromatic carbocycles. The van der Waals surface area contributed by atoms with E-state index in [1.807, 2.05) is 25.1 Å². The van der Waals surface area contributed by atoms with E-state index in [4.69, 9.17) is 16.0 Å². The average Bonchev–Trinajstić information content (AvgIpc) is 2.87. The molecule has 5 nitrogen and oxygen atoms in total. The molecule has 1 atom stereocenters. The Balaban J connectivity index is 2.03. The Morgan fingerprint density at radius 2 is 2.11 bits per heavy atom. The molecule has 0 amide bonds. The van der Waals surface area contributed by atoms with Gasteiger partial charge in [0.15, 0.2) is 0 Å². The molecule has 6 heteroatoms. The zero-order valence-corrected chi connectivity index (χ0v) is 11.7. The second-order valence-electron chi connectivity index (χ2n) is 4.23. The molecule has 0 saturated heterocycles. The summed E-state index contributed by atoms with van der Waals surface area (Å²) in [5, 5.41) is 14.9. The molecule has 2 aromatic rings. The van der Waals surface area contributed by atoms with Crippen LogP contribution in [0.25, 0.3) is 0 Å². The maximum atomic E-state index is 6.05. The molecule has 1 heterocycles. The van der Waals surface area contributed by atoms with Gasteiger partial charge in [0.25, 0.3) is 0 Å². The van der Waals surface area contributed by atoms with E-state index >= 15 is 0 Å². The van der Waals surface area contributed by atoms with Crippen molar-refractivity contribution in [1.82, 2.24) is 15.5 Å². The maximum Gasteiger partial charge on any atom is 0.320 e. The number of para-hydroxylation sites is 1. The number of nitrogens with one attached hydrogen (secondary N) is 2. The zero-order valence-electron chi connectivity index (χ0n) is 11.0. The minimum Gasteiger partial charge on any atom is -0.406 e. The normalized spacial score (nSPS) is 12.4. The van der Waals surface area contributed by atoms with E-state index in [1.54, 1.807) is 6.07 Å². The highest BCUT2D eigenvalue weighted by Crippen LogP contribution is 2.24. The van der Waals surface area contributed by atoms with Gasteiger partial charge in [-0.15, -0.1) is 5.10 Å². The molecule has 1 unspecified atom stereocenters. The van der Waals surface area contributed by atoms with Crippen LogP contribution in [-0.2, 0) is 0 Å². The number of rotatable bonds is 6. The quantitative estimate of drug-likeness (QED) is 0.847. The van der Waals surface area contributed by atoms with Crippen LogP contribution in [-0.4, -0.2) is 16.7 Å². The zero-order chi connectivity index (χ0) is 13.7. The highest BCUT2D eigenvalue weighted by molar-refractivity contribution is 6.33. The van der Waals surface area contributed by atoms with Crippen molar-refractivity contribution >= 4 is 23.3 Å². The molecule has 102 valence electrons. The SMILES string of the molecule is CCCNC(C)c1nnc(Nc2ccccc2Cl)o1. The van der Waals surface area contributed by atoms with E-state index in [0.29, 0.717) is 16.9 Å². The van der Waals surface area contributed by atoms with Crippen LogP contribution in [0.5, 0.6) is 0 Å². The molecule has 0 saturated carbocycles. The summed E-state index contributed by atoms with van der Waals surface area (Å²) in [7, 11) is 0. The van der Waals surface area contributed by atoms with E-state index in [0.717, 1.165) is 18.7 Å². The van der Waals surface area contributed by atoms with Gasteiger partial charge in [-0.25, -0.2) is 0 Å². The van der Waals surface area contributed by atoms with Crippen molar-refractivity contribution in [2.75, 3.05) is 11.9 Å². The molecule has 0 aliphatic carbocycles. The summed E-state index contributed by atoms with van der Waals surface area (Å²) in [5.41, 5.74) is 0.744. The third kappa shape index (κ3) is 3.68. The van der Waals surface area contributed by atoms with E-state index in [-0.39, 0.29) is 6.04 Å². The molecule has 0 radical (unpaired) electrons. The number of halogens is 1. The number of benzene rings is 1. The molecule has 0 bridgehead atoms. The van der Waals surface area contributed by atoms with Gasteiger partial charge in [0, 0.05) is 0 Å². The number of hydrogen-bond acceptors (Lipinski definition) is 5. The number of anilines is 2. The van der Waals surface area contributed by atoms with Gasteiger partial charge in [0.05, 0.1) is 16.8 Å². The summed E-state index contributed by atoms with van der Waals surface area (Å²) < 4.78 is 5.55. The molecular weight excluding hydrogens is 264 g/mol. The first-order valence-corrected chi connectivity index (χ1v) is 6.67. The Morgan fingerprint density at radius 3 is 2.84 bits per heavy atom. The predicted octanol–water partition coefficient (Wildman–Crippen LogP) is 3.53. The van der Waals surface area contributed by atoms with Crippen molar-refractivity contribution in [3.05, 3.63) is 35.2 Å². The van der Waals surface area contributed by atoms with Crippen molar-refractivity contribution in [3.8, 4) is 0 Å². The van der Waals surface area contributed by atoms with Crippen LogP contribution in [0.1, 0.15) is 32.2 Å². The second kappa shape index (κ2) is 6.54. The molecular formula is C13H17ClN4O. The van der Waals surface area contributed by atoms with Crippen LogP contribution < -0.4 is 10.6 Å². The van der Waals surface area contributed by atoms with Crippen molar-refractivity contribution in [3.63, 3.8) is 0 Å². The van der Waals surface area contributed by atoms with E-state index < -0.39 is 0 Å². The van der Waals surface area contributed by atoms with Gasteiger partial charge >= 0.3 is 6.01 Å². The summed E-state index contributed by atoms with van der Waals surface area (Å²) in [6, 6.07) is 7.78. The molecule has 0 fully saturated rings. The lowest BCUT2D eigenvalue weighted by atomic mass is 10.3. The first kappa shape index (κ1) is 13.8. The third-order valence-electron chi connectivity index (χ3n) is 2.63. The van der Waals surface area contributed by atoms with Gasteiger partial charge in [-0.2, -0.15) is 0 Å². The Morgan fingerprint density at radius 1 is 1.32 bits per heavy atom. The summed E-state index contributed by atoms with van der Waals surface area (Å²) in [6.07, 6.45) is 1.06. The number of aromatic nitrogens is 2. The second-order valence-corrected chi connectivity index (χ2v) is 4.63. The monoisotopic (exact) mass is 280 g/mol. The molecule has 2 N–H and O–H groups in total. The van der Waals surface area contributed by atoms with Gasteiger partial charge in [-0.1, -0.05) is 35.8 Å². The molecule has 0 spiro atoms. The van der Waals surface area contributed by atoms with Crippen LogP contribution in [0.2, 0.25) is 5.02 Å². The summed E-state index contributed by atoms with van der Waals surface area (Å²) >= 11 is 6.05. The van der Waals surface area contributed by atoms with Crippen LogP contribution in [0.3, 0.4) is 0 Å². The lowest BCUT2D eigenvalue weighted by Gasteiger charge is -2.07. The molecule has 1 aromatic heterocycles. The van der Waals surface area contributed by atoms with Crippen molar-refractivity contribution in [2.24, 2.45) is 0 Å².